The Morgan fingerprint density at radius 1 is 0.800 bits per heavy atom. The van der Waals surface area contributed by atoms with Crippen molar-refractivity contribution in [1.82, 2.24) is 5.32 Å². The molecule has 0 amide bonds. The van der Waals surface area contributed by atoms with Gasteiger partial charge in [-0.3, -0.25) is 19.2 Å². The van der Waals surface area contributed by atoms with Crippen molar-refractivity contribution in [2.45, 2.75) is 175 Å². The highest BCUT2D eigenvalue weighted by Crippen LogP contribution is 2.67. The number of aliphatic hydroxyl groups excluding tert-OH is 1. The Balaban J connectivity index is 1.13. The molecule has 0 heterocycles. The fourth-order valence-corrected chi connectivity index (χ4v) is 11.1. The van der Waals surface area contributed by atoms with E-state index in [4.69, 9.17) is 5.11 Å². The van der Waals surface area contributed by atoms with Crippen LogP contribution in [0, 0.1) is 46.3 Å². The number of allylic oxidation sites excluding steroid dienone is 1. The Morgan fingerprint density at radius 2 is 1.44 bits per heavy atom. The second-order valence-electron chi connectivity index (χ2n) is 18.0. The topological polar surface area (TPSA) is 120 Å². The average molecular weight is 697 g/mol. The van der Waals surface area contributed by atoms with Crippen LogP contribution in [0.4, 0.5) is 0 Å². The Labute approximate surface area is 303 Å². The normalized spacial score (nSPS) is 31.7. The lowest BCUT2D eigenvalue weighted by molar-refractivity contribution is -0.128. The van der Waals surface area contributed by atoms with Crippen LogP contribution in [0.2, 0.25) is 0 Å². The molecule has 3 saturated carbocycles. The summed E-state index contributed by atoms with van der Waals surface area (Å²) in [6.45, 7) is 12.8. The van der Waals surface area contributed by atoms with Crippen LogP contribution in [0.15, 0.2) is 11.6 Å². The van der Waals surface area contributed by atoms with E-state index < -0.39 is 12.7 Å². The van der Waals surface area contributed by atoms with Crippen molar-refractivity contribution in [2.24, 2.45) is 46.3 Å². The van der Waals surface area contributed by atoms with Gasteiger partial charge < -0.3 is 10.4 Å². The highest BCUT2D eigenvalue weighted by molar-refractivity contribution is 5.90. The molecule has 50 heavy (non-hydrogen) atoms. The molecule has 2 N–H and O–H groups in total. The molecule has 1 radical (unpaired) electrons. The number of rotatable bonds is 22. The van der Waals surface area contributed by atoms with Crippen molar-refractivity contribution in [3.63, 3.8) is 0 Å². The number of Topliss-reactive ketones (excluding diaryl/α,β-unsaturated/α-hetero) is 4. The van der Waals surface area contributed by atoms with Crippen LogP contribution in [0.1, 0.15) is 163 Å². The molecule has 0 aromatic rings. The quantitative estimate of drug-likeness (QED) is 0.0865. The zero-order chi connectivity index (χ0) is 36.5. The largest absolute Gasteiger partial charge is 0.394 e. The van der Waals surface area contributed by atoms with Gasteiger partial charge in [0.05, 0.1) is 6.61 Å². The van der Waals surface area contributed by atoms with E-state index in [0.29, 0.717) is 23.3 Å². The monoisotopic (exact) mass is 697 g/mol. The van der Waals surface area contributed by atoms with E-state index in [1.165, 1.54) is 64.2 Å². The molecule has 7 heteroatoms. The fourth-order valence-electron chi connectivity index (χ4n) is 11.1. The summed E-state index contributed by atoms with van der Waals surface area (Å²) in [5, 5.41) is 23.7. The van der Waals surface area contributed by atoms with Gasteiger partial charge in [0, 0.05) is 57.4 Å². The van der Waals surface area contributed by atoms with E-state index in [9.17, 15) is 24.3 Å². The third-order valence-corrected chi connectivity index (χ3v) is 14.1. The van der Waals surface area contributed by atoms with Gasteiger partial charge >= 0.3 is 0 Å². The third-order valence-electron chi connectivity index (χ3n) is 14.1. The molecule has 0 spiro atoms. The summed E-state index contributed by atoms with van der Waals surface area (Å²) in [5.41, 5.74) is 2.56. The molecule has 0 aromatic carbocycles. The summed E-state index contributed by atoms with van der Waals surface area (Å²) in [4.78, 5) is 48.4. The summed E-state index contributed by atoms with van der Waals surface area (Å²) < 4.78 is 0. The molecule has 0 aliphatic heterocycles. The molecular formula is C43H70NO6. The zero-order valence-electron chi connectivity index (χ0n) is 32.2. The lowest BCUT2D eigenvalue weighted by atomic mass is 9.47. The highest BCUT2D eigenvalue weighted by atomic mass is 16.3. The smallest absolute Gasteiger partial charge is 0.136 e. The standard InChI is InChI=1S/C43H70NO6/c1-29(2)8-6-9-30(3)39-19-20-40-38-18-11-31-26-32(21-23-42(31,4)41(38)22-24-43(39,40)5)44-25-7-10-33(46)12-13-34(47)14-15-35(48)16-17-36(49)27-37(50)28-45/h11,29-30,32,37-41,44-45H,6-10,12-28H2,1-5H3/t30-,32?,37?,38?,39-,40?,41?,42+,43-/m1/s1. The maximum atomic E-state index is 12.5. The minimum Gasteiger partial charge on any atom is -0.394 e. The van der Waals surface area contributed by atoms with E-state index >= 15 is 0 Å². The van der Waals surface area contributed by atoms with Crippen LogP contribution < -0.4 is 5.32 Å². The van der Waals surface area contributed by atoms with Crippen LogP contribution in [0.25, 0.3) is 0 Å². The number of nitrogens with one attached hydrogen (secondary N) is 1. The summed E-state index contributed by atoms with van der Waals surface area (Å²) in [5.74, 6) is 4.58. The number of hydrogen-bond acceptors (Lipinski definition) is 6. The lowest BCUT2D eigenvalue weighted by Crippen LogP contribution is -2.51. The molecular weight excluding hydrogens is 626 g/mol. The third kappa shape index (κ3) is 10.7. The molecule has 5 unspecified atom stereocenters. The van der Waals surface area contributed by atoms with Crippen LogP contribution in [0.3, 0.4) is 0 Å². The molecule has 9 atom stereocenters. The van der Waals surface area contributed by atoms with Crippen LogP contribution in [-0.2, 0) is 24.3 Å². The first-order chi connectivity index (χ1) is 23.8. The molecule has 4 aliphatic carbocycles. The number of aliphatic hydroxyl groups is 1. The highest BCUT2D eigenvalue weighted by Gasteiger charge is 2.59. The Hall–Kier alpha value is -1.70. The number of hydrogen-bond donors (Lipinski definition) is 2. The number of ketones is 4. The summed E-state index contributed by atoms with van der Waals surface area (Å²) in [6, 6.07) is 0.475. The van der Waals surface area contributed by atoms with E-state index in [-0.39, 0.29) is 68.1 Å². The maximum Gasteiger partial charge on any atom is 0.136 e. The minimum absolute atomic E-state index is 0.00735. The van der Waals surface area contributed by atoms with Crippen LogP contribution in [0.5, 0.6) is 0 Å². The molecule has 4 rings (SSSR count). The molecule has 0 saturated heterocycles. The second kappa shape index (κ2) is 18.9. The summed E-state index contributed by atoms with van der Waals surface area (Å²) >= 11 is 0. The first-order valence-electron chi connectivity index (χ1n) is 20.5. The van der Waals surface area contributed by atoms with Gasteiger partial charge in [-0.2, -0.15) is 0 Å². The SMILES string of the molecule is CC(C)CCC[C@@H](C)[C@H]1CCC2C3CC=C4CC(NCCCC(=O)CCC(=O)CCC(=O)CCC(=O)CC([O])CO)CC[C@]4(C)C3CC[C@@]21C. The molecule has 4 aliphatic rings. The Bertz CT molecular complexity index is 1190. The predicted molar refractivity (Wildman–Crippen MR) is 198 cm³/mol. The van der Waals surface area contributed by atoms with Crippen molar-refractivity contribution in [3.05, 3.63) is 11.6 Å². The van der Waals surface area contributed by atoms with Gasteiger partial charge in [-0.25, -0.2) is 5.11 Å². The molecule has 283 valence electrons. The minimum atomic E-state index is -1.34. The van der Waals surface area contributed by atoms with Gasteiger partial charge in [-0.1, -0.05) is 65.5 Å². The van der Waals surface area contributed by atoms with Gasteiger partial charge in [0.25, 0.3) is 0 Å². The van der Waals surface area contributed by atoms with Gasteiger partial charge in [-0.15, -0.1) is 0 Å². The number of fused-ring (bicyclic) bond motifs is 5. The molecule has 0 bridgehead atoms. The van der Waals surface area contributed by atoms with Gasteiger partial charge in [0.1, 0.15) is 29.2 Å². The Kier molecular flexibility index (Phi) is 15.5. The van der Waals surface area contributed by atoms with Gasteiger partial charge in [0.2, 0.25) is 0 Å². The predicted octanol–water partition coefficient (Wildman–Crippen LogP) is 8.56. The number of carbonyl (C=O) groups is 4. The molecule has 0 aromatic heterocycles. The van der Waals surface area contributed by atoms with Crippen molar-refractivity contribution >= 4 is 23.1 Å². The van der Waals surface area contributed by atoms with Crippen molar-refractivity contribution in [2.75, 3.05) is 13.2 Å². The zero-order valence-corrected chi connectivity index (χ0v) is 32.2. The van der Waals surface area contributed by atoms with Crippen molar-refractivity contribution < 1.29 is 29.4 Å². The summed E-state index contributed by atoms with van der Waals surface area (Å²) in [6.07, 6.45) is 17.5. The average Bonchev–Trinajstić information content (AvgIpc) is 3.44. The summed E-state index contributed by atoms with van der Waals surface area (Å²) in [7, 11) is 0. The lowest BCUT2D eigenvalue weighted by Gasteiger charge is -2.58. The first kappa shape index (κ1) is 41.1. The van der Waals surface area contributed by atoms with Gasteiger partial charge in [0.15, 0.2) is 0 Å². The van der Waals surface area contributed by atoms with Crippen LogP contribution >= 0.6 is 0 Å². The first-order valence-corrected chi connectivity index (χ1v) is 20.5. The van der Waals surface area contributed by atoms with Gasteiger partial charge in [-0.05, 0) is 111 Å². The van der Waals surface area contributed by atoms with E-state index in [1.54, 1.807) is 5.57 Å². The van der Waals surface area contributed by atoms with Crippen molar-refractivity contribution in [3.8, 4) is 0 Å². The van der Waals surface area contributed by atoms with Crippen LogP contribution in [-0.4, -0.2) is 53.5 Å². The van der Waals surface area contributed by atoms with E-state index in [2.05, 4.69) is 46.0 Å². The number of carbonyl (C=O) groups excluding carboxylic acids is 4. The van der Waals surface area contributed by atoms with E-state index in [1.807, 2.05) is 0 Å². The molecule has 7 nitrogen and oxygen atoms in total. The molecule has 3 fully saturated rings. The maximum absolute atomic E-state index is 12.5. The van der Waals surface area contributed by atoms with Crippen molar-refractivity contribution in [1.29, 1.82) is 0 Å². The second-order valence-corrected chi connectivity index (χ2v) is 18.0. The Morgan fingerprint density at radius 3 is 2.08 bits per heavy atom. The van der Waals surface area contributed by atoms with E-state index in [0.717, 1.165) is 54.9 Å². The fraction of sp³-hybridized carbons (Fsp3) is 0.860.